The molecular formula is C22H20ClN3O4S. The molecule has 3 aromatic rings. The molecule has 9 heteroatoms. The Bertz CT molecular complexity index is 1230. The predicted octanol–water partition coefficient (Wildman–Crippen LogP) is 4.30. The zero-order valence-corrected chi connectivity index (χ0v) is 18.4. The van der Waals surface area contributed by atoms with Crippen LogP contribution in [0.15, 0.2) is 82.8 Å². The average Bonchev–Trinajstić information content (AvgIpc) is 2.78. The second-order valence-corrected chi connectivity index (χ2v) is 8.60. The summed E-state index contributed by atoms with van der Waals surface area (Å²) in [5.74, 6) is -0.158. The number of carbonyl (C=O) groups is 1. The van der Waals surface area contributed by atoms with E-state index in [0.29, 0.717) is 22.2 Å². The number of rotatable bonds is 7. The van der Waals surface area contributed by atoms with Crippen molar-refractivity contribution < 1.29 is 17.9 Å². The number of anilines is 1. The van der Waals surface area contributed by atoms with Crippen LogP contribution in [0, 0.1) is 0 Å². The SMILES string of the molecule is COc1ccccc1NS(=O)(=O)c1cccc(C(=O)N/N=C(/C)c2ccc(Cl)cc2)c1. The first kappa shape index (κ1) is 22.3. The molecule has 0 saturated heterocycles. The van der Waals surface area contributed by atoms with E-state index >= 15 is 0 Å². The predicted molar refractivity (Wildman–Crippen MR) is 121 cm³/mol. The second kappa shape index (κ2) is 9.63. The Hall–Kier alpha value is -3.36. The van der Waals surface area contributed by atoms with E-state index in [0.717, 1.165) is 5.56 Å². The highest BCUT2D eigenvalue weighted by Gasteiger charge is 2.18. The maximum atomic E-state index is 12.8. The molecule has 3 aromatic carbocycles. The number of hydrogen-bond acceptors (Lipinski definition) is 5. The molecule has 0 radical (unpaired) electrons. The van der Waals surface area contributed by atoms with Crippen molar-refractivity contribution in [2.45, 2.75) is 11.8 Å². The molecule has 0 heterocycles. The number of benzene rings is 3. The highest BCUT2D eigenvalue weighted by Crippen LogP contribution is 2.26. The van der Waals surface area contributed by atoms with Crippen LogP contribution in [0.3, 0.4) is 0 Å². The average molecular weight is 458 g/mol. The van der Waals surface area contributed by atoms with Gasteiger partial charge in [-0.1, -0.05) is 41.9 Å². The Balaban J connectivity index is 1.78. The largest absolute Gasteiger partial charge is 0.495 e. The second-order valence-electron chi connectivity index (χ2n) is 6.48. The fourth-order valence-electron chi connectivity index (χ4n) is 2.69. The lowest BCUT2D eigenvalue weighted by Crippen LogP contribution is -2.20. The third-order valence-electron chi connectivity index (χ3n) is 4.34. The summed E-state index contributed by atoms with van der Waals surface area (Å²) in [6, 6.07) is 19.3. The van der Waals surface area contributed by atoms with Crippen molar-refractivity contribution in [3.63, 3.8) is 0 Å². The molecule has 1 amide bonds. The summed E-state index contributed by atoms with van der Waals surface area (Å²) in [6.07, 6.45) is 0. The molecule has 0 aliphatic heterocycles. The van der Waals surface area contributed by atoms with Crippen LogP contribution in [0.2, 0.25) is 5.02 Å². The first-order chi connectivity index (χ1) is 14.8. The fourth-order valence-corrected chi connectivity index (χ4v) is 3.93. The van der Waals surface area contributed by atoms with Gasteiger partial charge in [0, 0.05) is 10.6 Å². The van der Waals surface area contributed by atoms with Crippen LogP contribution in [0.4, 0.5) is 5.69 Å². The number of sulfonamides is 1. The lowest BCUT2D eigenvalue weighted by atomic mass is 10.1. The third kappa shape index (κ3) is 5.62. The number of hydrogen-bond donors (Lipinski definition) is 2. The van der Waals surface area contributed by atoms with Gasteiger partial charge >= 0.3 is 0 Å². The molecule has 0 aliphatic carbocycles. The van der Waals surface area contributed by atoms with Crippen LogP contribution in [-0.4, -0.2) is 27.1 Å². The summed E-state index contributed by atoms with van der Waals surface area (Å²) in [6.45, 7) is 1.74. The minimum Gasteiger partial charge on any atom is -0.495 e. The van der Waals surface area contributed by atoms with Gasteiger partial charge in [0.25, 0.3) is 15.9 Å². The molecule has 0 aliphatic rings. The highest BCUT2D eigenvalue weighted by molar-refractivity contribution is 7.92. The van der Waals surface area contributed by atoms with Crippen LogP contribution in [0.5, 0.6) is 5.75 Å². The first-order valence-corrected chi connectivity index (χ1v) is 11.0. The van der Waals surface area contributed by atoms with Crippen LogP contribution < -0.4 is 14.9 Å². The molecular weight excluding hydrogens is 438 g/mol. The van der Waals surface area contributed by atoms with Gasteiger partial charge in [-0.2, -0.15) is 5.10 Å². The topological polar surface area (TPSA) is 96.9 Å². The van der Waals surface area contributed by atoms with E-state index in [4.69, 9.17) is 16.3 Å². The normalized spacial score (nSPS) is 11.6. The summed E-state index contributed by atoms with van der Waals surface area (Å²) in [5, 5.41) is 4.67. The van der Waals surface area contributed by atoms with E-state index in [9.17, 15) is 13.2 Å². The number of para-hydroxylation sites is 2. The van der Waals surface area contributed by atoms with Gasteiger partial charge in [0.05, 0.1) is 23.4 Å². The van der Waals surface area contributed by atoms with E-state index in [1.54, 1.807) is 55.5 Å². The minimum absolute atomic E-state index is 0.0653. The fraction of sp³-hybridized carbons (Fsp3) is 0.0909. The number of halogens is 1. The third-order valence-corrected chi connectivity index (χ3v) is 5.96. The molecule has 0 aromatic heterocycles. The molecule has 160 valence electrons. The molecule has 0 bridgehead atoms. The number of methoxy groups -OCH3 is 1. The Labute approximate surface area is 185 Å². The molecule has 0 unspecified atom stereocenters. The van der Waals surface area contributed by atoms with Gasteiger partial charge in [-0.15, -0.1) is 0 Å². The maximum Gasteiger partial charge on any atom is 0.271 e. The van der Waals surface area contributed by atoms with Gasteiger partial charge in [0.2, 0.25) is 0 Å². The van der Waals surface area contributed by atoms with Gasteiger partial charge in [0.15, 0.2) is 0 Å². The van der Waals surface area contributed by atoms with E-state index in [1.165, 1.54) is 31.4 Å². The standard InChI is InChI=1S/C22H20ClN3O4S/c1-15(16-10-12-18(23)13-11-16)24-25-22(27)17-6-5-7-19(14-17)31(28,29)26-20-8-3-4-9-21(20)30-2/h3-14,26H,1-2H3,(H,25,27)/b24-15-. The maximum absolute atomic E-state index is 12.8. The van der Waals surface area contributed by atoms with Crippen LogP contribution >= 0.6 is 11.6 Å². The van der Waals surface area contributed by atoms with Crippen molar-refractivity contribution in [2.24, 2.45) is 5.10 Å². The van der Waals surface area contributed by atoms with Gasteiger partial charge in [-0.25, -0.2) is 13.8 Å². The lowest BCUT2D eigenvalue weighted by Gasteiger charge is -2.12. The van der Waals surface area contributed by atoms with Crippen molar-refractivity contribution >= 4 is 38.9 Å². The van der Waals surface area contributed by atoms with Crippen LogP contribution in [-0.2, 0) is 10.0 Å². The van der Waals surface area contributed by atoms with Crippen molar-refractivity contribution in [2.75, 3.05) is 11.8 Å². The van der Waals surface area contributed by atoms with Crippen LogP contribution in [0.1, 0.15) is 22.8 Å². The Morgan fingerprint density at radius 2 is 1.68 bits per heavy atom. The van der Waals surface area contributed by atoms with Gasteiger partial charge in [-0.05, 0) is 55.0 Å². The summed E-state index contributed by atoms with van der Waals surface area (Å²) in [7, 11) is -2.49. The number of ether oxygens (including phenoxy) is 1. The summed E-state index contributed by atoms with van der Waals surface area (Å²) in [5.41, 5.74) is 4.25. The van der Waals surface area contributed by atoms with Gasteiger partial charge in [-0.3, -0.25) is 9.52 Å². The number of amides is 1. The van der Waals surface area contributed by atoms with E-state index in [-0.39, 0.29) is 10.5 Å². The number of carbonyl (C=O) groups excluding carboxylic acids is 1. The van der Waals surface area contributed by atoms with E-state index in [2.05, 4.69) is 15.2 Å². The molecule has 0 spiro atoms. The Morgan fingerprint density at radius 3 is 2.39 bits per heavy atom. The molecule has 2 N–H and O–H groups in total. The lowest BCUT2D eigenvalue weighted by molar-refractivity contribution is 0.0954. The van der Waals surface area contributed by atoms with Crippen LogP contribution in [0.25, 0.3) is 0 Å². The number of hydrazone groups is 1. The summed E-state index contributed by atoms with van der Waals surface area (Å²) in [4.78, 5) is 12.4. The Morgan fingerprint density at radius 1 is 0.968 bits per heavy atom. The van der Waals surface area contributed by atoms with Crippen molar-refractivity contribution in [3.8, 4) is 5.75 Å². The number of nitrogens with one attached hydrogen (secondary N) is 2. The monoisotopic (exact) mass is 457 g/mol. The zero-order chi connectivity index (χ0) is 22.4. The smallest absolute Gasteiger partial charge is 0.271 e. The molecule has 7 nitrogen and oxygen atoms in total. The summed E-state index contributed by atoms with van der Waals surface area (Å²) < 4.78 is 33.2. The van der Waals surface area contributed by atoms with E-state index < -0.39 is 15.9 Å². The van der Waals surface area contributed by atoms with Gasteiger partial charge in [0.1, 0.15) is 5.75 Å². The zero-order valence-electron chi connectivity index (χ0n) is 16.8. The quantitative estimate of drug-likeness (QED) is 0.408. The molecule has 3 rings (SSSR count). The molecule has 0 saturated carbocycles. The van der Waals surface area contributed by atoms with Gasteiger partial charge < -0.3 is 4.74 Å². The van der Waals surface area contributed by atoms with Crippen molar-refractivity contribution in [3.05, 3.63) is 88.9 Å². The molecule has 0 fully saturated rings. The molecule has 0 atom stereocenters. The van der Waals surface area contributed by atoms with Crippen molar-refractivity contribution in [1.29, 1.82) is 0 Å². The highest BCUT2D eigenvalue weighted by atomic mass is 35.5. The first-order valence-electron chi connectivity index (χ1n) is 9.16. The Kier molecular flexibility index (Phi) is 6.94. The number of nitrogens with zero attached hydrogens (tertiary/aromatic N) is 1. The molecule has 31 heavy (non-hydrogen) atoms. The summed E-state index contributed by atoms with van der Waals surface area (Å²) >= 11 is 5.87. The van der Waals surface area contributed by atoms with Crippen molar-refractivity contribution in [1.82, 2.24) is 5.43 Å². The van der Waals surface area contributed by atoms with E-state index in [1.807, 2.05) is 0 Å². The minimum atomic E-state index is -3.94.